The van der Waals surface area contributed by atoms with Gasteiger partial charge in [0.2, 0.25) is 0 Å². The van der Waals surface area contributed by atoms with Gasteiger partial charge in [-0.2, -0.15) is 4.31 Å². The largest absolute Gasteiger partial charge is 0.465 e. The fourth-order valence-corrected chi connectivity index (χ4v) is 6.73. The lowest BCUT2D eigenvalue weighted by Gasteiger charge is -2.49. The number of rotatable bonds is 2. The van der Waals surface area contributed by atoms with Crippen LogP contribution < -0.4 is 4.31 Å². The molecule has 1 fully saturated rings. The molecular weight excluding hydrogens is 595 g/mol. The van der Waals surface area contributed by atoms with Crippen LogP contribution in [0.4, 0.5) is 16.3 Å². The van der Waals surface area contributed by atoms with Crippen LogP contribution in [0, 0.1) is 6.92 Å². The van der Waals surface area contributed by atoms with Crippen molar-refractivity contribution in [2.75, 3.05) is 17.4 Å². The van der Waals surface area contributed by atoms with E-state index in [2.05, 4.69) is 30.3 Å². The van der Waals surface area contributed by atoms with Crippen molar-refractivity contribution in [1.82, 2.24) is 19.8 Å². The number of pyridine rings is 2. The molecule has 0 radical (unpaired) electrons. The Labute approximate surface area is 229 Å². The van der Waals surface area contributed by atoms with Crippen molar-refractivity contribution in [3.05, 3.63) is 43.7 Å². The summed E-state index contributed by atoms with van der Waals surface area (Å²) in [5.41, 5.74) is 2.28. The maximum Gasteiger partial charge on any atom is 0.407 e. The van der Waals surface area contributed by atoms with E-state index < -0.39 is 17.1 Å². The third-order valence-electron chi connectivity index (χ3n) is 6.23. The molecule has 2 atom stereocenters. The molecule has 0 aromatic carbocycles. The SMILES string of the molecule is Cc1cc(Br)nc(C(C)C)c1N1c2nc(Cl)c(Cl)cc2C(N2C[C@@H](C)N(C(=O)O)C[C@@H]2C)=NS1(O)O. The Morgan fingerprint density at radius 3 is 2.44 bits per heavy atom. The average Bonchev–Trinajstić information content (AvgIpc) is 2.76. The van der Waals surface area contributed by atoms with Gasteiger partial charge >= 0.3 is 6.09 Å². The quantitative estimate of drug-likeness (QED) is 0.323. The van der Waals surface area contributed by atoms with Gasteiger partial charge in [0.25, 0.3) is 0 Å². The van der Waals surface area contributed by atoms with E-state index in [9.17, 15) is 19.0 Å². The minimum atomic E-state index is -3.85. The Kier molecular flexibility index (Phi) is 7.41. The number of amidine groups is 1. The van der Waals surface area contributed by atoms with Gasteiger partial charge in [-0.1, -0.05) is 37.0 Å². The summed E-state index contributed by atoms with van der Waals surface area (Å²) >= 11 is 16.1. The second kappa shape index (κ2) is 9.80. The molecule has 0 bridgehead atoms. The first-order valence-electron chi connectivity index (χ1n) is 11.2. The van der Waals surface area contributed by atoms with Crippen LogP contribution in [0.25, 0.3) is 0 Å². The first kappa shape index (κ1) is 27.2. The van der Waals surface area contributed by atoms with E-state index in [1.54, 1.807) is 19.1 Å². The molecule has 3 N–H and O–H groups in total. The third-order valence-corrected chi connectivity index (χ3v) is 8.58. The zero-order valence-corrected chi connectivity index (χ0v) is 24.2. The van der Waals surface area contributed by atoms with Crippen molar-refractivity contribution in [2.45, 2.75) is 52.6 Å². The van der Waals surface area contributed by atoms with Crippen molar-refractivity contribution in [2.24, 2.45) is 4.40 Å². The van der Waals surface area contributed by atoms with Gasteiger partial charge in [-0.15, -0.1) is 4.40 Å². The molecule has 2 aromatic rings. The highest BCUT2D eigenvalue weighted by Crippen LogP contribution is 2.58. The molecule has 0 unspecified atom stereocenters. The summed E-state index contributed by atoms with van der Waals surface area (Å²) in [4.78, 5) is 23.9. The number of nitrogens with zero attached hydrogens (tertiary/aromatic N) is 6. The van der Waals surface area contributed by atoms with Crippen molar-refractivity contribution < 1.29 is 19.0 Å². The van der Waals surface area contributed by atoms with Gasteiger partial charge in [-0.05, 0) is 71.3 Å². The van der Waals surface area contributed by atoms with E-state index in [1.807, 2.05) is 32.6 Å². The molecule has 2 aromatic heterocycles. The summed E-state index contributed by atoms with van der Waals surface area (Å²) in [6.07, 6.45) is -1.01. The van der Waals surface area contributed by atoms with Crippen molar-refractivity contribution >= 4 is 73.5 Å². The highest BCUT2D eigenvalue weighted by molar-refractivity contribution is 9.10. The molecule has 10 nitrogen and oxygen atoms in total. The van der Waals surface area contributed by atoms with Crippen LogP contribution in [0.3, 0.4) is 0 Å². The van der Waals surface area contributed by atoms with Crippen molar-refractivity contribution in [1.29, 1.82) is 0 Å². The maximum atomic E-state index is 11.7. The lowest BCUT2D eigenvalue weighted by molar-refractivity contribution is 0.0750. The standard InChI is InChI=1S/C22H27BrCl2N6O4S/c1-10(2)17-18(11(3)6-16(23)26-17)31-20-14(7-15(24)19(25)27-20)21(28-36(31,34)35)29-8-13(5)30(22(32)33)9-12(29)4/h6-7,10,12-13,34-35H,8-9H2,1-5H3,(H,32,33)/t12-,13+/m0/s1. The highest BCUT2D eigenvalue weighted by Gasteiger charge is 2.42. The fourth-order valence-electron chi connectivity index (χ4n) is 4.54. The zero-order chi connectivity index (χ0) is 26.7. The summed E-state index contributed by atoms with van der Waals surface area (Å²) in [6, 6.07) is 2.72. The maximum absolute atomic E-state index is 11.7. The van der Waals surface area contributed by atoms with E-state index >= 15 is 0 Å². The summed E-state index contributed by atoms with van der Waals surface area (Å²) in [6.45, 7) is 9.90. The predicted molar refractivity (Wildman–Crippen MR) is 147 cm³/mol. The van der Waals surface area contributed by atoms with E-state index in [-0.39, 0.29) is 52.9 Å². The smallest absolute Gasteiger partial charge is 0.407 e. The molecule has 0 spiro atoms. The molecule has 4 heterocycles. The molecule has 14 heteroatoms. The number of aryl methyl sites for hydroxylation is 1. The minimum Gasteiger partial charge on any atom is -0.465 e. The number of fused-ring (bicyclic) bond motifs is 1. The van der Waals surface area contributed by atoms with Gasteiger partial charge < -0.3 is 14.9 Å². The summed E-state index contributed by atoms with van der Waals surface area (Å²) in [7, 11) is -3.85. The molecule has 36 heavy (non-hydrogen) atoms. The van der Waals surface area contributed by atoms with Crippen LogP contribution in [0.1, 0.15) is 50.4 Å². The van der Waals surface area contributed by atoms with E-state index in [4.69, 9.17) is 23.2 Å². The fraction of sp³-hybridized carbons (Fsp3) is 0.455. The number of hydrogen-bond acceptors (Lipinski definition) is 8. The molecule has 196 valence electrons. The van der Waals surface area contributed by atoms with E-state index in [0.717, 1.165) is 5.56 Å². The molecule has 0 saturated carbocycles. The topological polar surface area (TPSA) is 126 Å². The Bertz CT molecular complexity index is 1260. The number of aromatic nitrogens is 2. The second-order valence-corrected chi connectivity index (χ2v) is 12.4. The van der Waals surface area contributed by atoms with Gasteiger partial charge in [-0.3, -0.25) is 9.11 Å². The molecule has 1 amide bonds. The van der Waals surface area contributed by atoms with Gasteiger partial charge in [-0.25, -0.2) is 14.8 Å². The van der Waals surface area contributed by atoms with Crippen molar-refractivity contribution in [3.63, 3.8) is 0 Å². The van der Waals surface area contributed by atoms with E-state index in [0.29, 0.717) is 21.5 Å². The lowest BCUT2D eigenvalue weighted by Crippen LogP contribution is -2.59. The molecule has 2 aliphatic heterocycles. The normalized spacial score (nSPS) is 22.4. The van der Waals surface area contributed by atoms with Crippen LogP contribution >= 0.6 is 50.1 Å². The minimum absolute atomic E-state index is 0.00259. The van der Waals surface area contributed by atoms with Gasteiger partial charge in [0, 0.05) is 25.2 Å². The van der Waals surface area contributed by atoms with Crippen LogP contribution in [0.5, 0.6) is 0 Å². The third kappa shape index (κ3) is 4.74. The van der Waals surface area contributed by atoms with Crippen molar-refractivity contribution in [3.8, 4) is 0 Å². The summed E-state index contributed by atoms with van der Waals surface area (Å²) in [5.74, 6) is 0.391. The Balaban J connectivity index is 1.94. The molecular formula is C22H27BrCl2N6O4S. The Hall–Kier alpha value is -1.83. The Morgan fingerprint density at radius 2 is 1.83 bits per heavy atom. The lowest BCUT2D eigenvalue weighted by atomic mass is 10.0. The monoisotopic (exact) mass is 620 g/mol. The second-order valence-electron chi connectivity index (χ2n) is 9.27. The van der Waals surface area contributed by atoms with Gasteiger partial charge in [0.05, 0.1) is 22.0 Å². The van der Waals surface area contributed by atoms with Crippen LogP contribution in [0.15, 0.2) is 21.1 Å². The number of carboxylic acid groups (broad SMARTS) is 1. The predicted octanol–water partition coefficient (Wildman–Crippen LogP) is 6.53. The number of anilines is 2. The summed E-state index contributed by atoms with van der Waals surface area (Å²) < 4.78 is 29.3. The average molecular weight is 622 g/mol. The number of piperazine rings is 1. The zero-order valence-electron chi connectivity index (χ0n) is 20.3. The highest BCUT2D eigenvalue weighted by atomic mass is 79.9. The first-order valence-corrected chi connectivity index (χ1v) is 14.2. The number of hydrogen-bond donors (Lipinski definition) is 3. The number of carbonyl (C=O) groups is 1. The molecule has 1 saturated heterocycles. The van der Waals surface area contributed by atoms with Gasteiger partial charge in [0.15, 0.2) is 11.7 Å². The first-order chi connectivity index (χ1) is 16.7. The number of halogens is 3. The molecule has 4 rings (SSSR count). The molecule has 2 aliphatic rings. The molecule has 0 aliphatic carbocycles. The van der Waals surface area contributed by atoms with E-state index in [1.165, 1.54) is 9.21 Å². The van der Waals surface area contributed by atoms with Crippen LogP contribution in [-0.4, -0.2) is 71.1 Å². The summed E-state index contributed by atoms with van der Waals surface area (Å²) in [5, 5.41) is 9.74. The van der Waals surface area contributed by atoms with Crippen LogP contribution in [-0.2, 0) is 0 Å². The Morgan fingerprint density at radius 1 is 1.17 bits per heavy atom. The van der Waals surface area contributed by atoms with Gasteiger partial charge in [0.1, 0.15) is 9.76 Å². The number of amides is 1. The van der Waals surface area contributed by atoms with Crippen LogP contribution in [0.2, 0.25) is 10.2 Å².